The van der Waals surface area contributed by atoms with Gasteiger partial charge in [-0.1, -0.05) is 60.7 Å². The summed E-state index contributed by atoms with van der Waals surface area (Å²) < 4.78 is 84.9. The Hall–Kier alpha value is -5.18. The molecule has 4 heterocycles. The fraction of sp³-hybridized carbons (Fsp3) is 0.238. The van der Waals surface area contributed by atoms with Crippen LogP contribution in [0.3, 0.4) is 0 Å². The summed E-state index contributed by atoms with van der Waals surface area (Å²) in [7, 11) is -9.94. The fourth-order valence-corrected chi connectivity index (χ4v) is 8.21. The maximum absolute atomic E-state index is 12.8. The Morgan fingerprint density at radius 3 is 1.37 bits per heavy atom. The van der Waals surface area contributed by atoms with Crippen LogP contribution in [0.25, 0.3) is 12.2 Å². The number of aryl methyl sites for hydroxylation is 2. The van der Waals surface area contributed by atoms with Crippen molar-refractivity contribution in [2.24, 2.45) is 0 Å². The van der Waals surface area contributed by atoms with Gasteiger partial charge in [0.05, 0.1) is 31.3 Å². The number of nitrogens with one attached hydrogen (secondary N) is 4. The van der Waals surface area contributed by atoms with E-state index in [9.17, 15) is 25.9 Å². The third-order valence-electron chi connectivity index (χ3n) is 10.1. The van der Waals surface area contributed by atoms with Crippen molar-refractivity contribution in [2.45, 2.75) is 23.6 Å². The first-order valence-corrected chi connectivity index (χ1v) is 22.9. The number of hydrogen-bond acceptors (Lipinski definition) is 19. The molecule has 65 heavy (non-hydrogen) atoms. The van der Waals surface area contributed by atoms with Crippen LogP contribution in [0.15, 0.2) is 94.7 Å². The Labute approximate surface area is 419 Å². The Morgan fingerprint density at radius 2 is 0.969 bits per heavy atom. The summed E-state index contributed by atoms with van der Waals surface area (Å²) in [6.07, 6.45) is 2.54. The zero-order valence-corrected chi connectivity index (χ0v) is 36.2. The molecule has 0 saturated carbocycles. The first kappa shape index (κ1) is 47.8. The number of hydrogen-bond donors (Lipinski definition) is 5. The number of anilines is 10. The quantitative estimate of drug-likeness (QED) is 0.0540. The van der Waals surface area contributed by atoms with Crippen LogP contribution in [0.5, 0.6) is 0 Å². The van der Waals surface area contributed by atoms with Gasteiger partial charge >= 0.3 is 52.8 Å². The van der Waals surface area contributed by atoms with E-state index in [2.05, 4.69) is 51.2 Å². The van der Waals surface area contributed by atoms with Crippen molar-refractivity contribution in [1.82, 2.24) is 29.9 Å². The van der Waals surface area contributed by atoms with Crippen LogP contribution in [-0.4, -0.2) is 160 Å². The molecule has 0 aliphatic carbocycles. The summed E-state index contributed by atoms with van der Waals surface area (Å²) in [6, 6.07) is 23.3. The molecule has 2 aliphatic rings. The van der Waals surface area contributed by atoms with Gasteiger partial charge < -0.3 is 45.1 Å². The van der Waals surface area contributed by atoms with Gasteiger partial charge in [-0.05, 0) is 72.5 Å². The minimum absolute atomic E-state index is 0. The summed E-state index contributed by atoms with van der Waals surface area (Å²) in [5.41, 5.74) is 3.78. The first-order chi connectivity index (χ1) is 30.7. The van der Waals surface area contributed by atoms with Crippen molar-refractivity contribution in [1.29, 1.82) is 0 Å². The van der Waals surface area contributed by atoms with Crippen molar-refractivity contribution in [2.75, 3.05) is 83.7 Å². The third-order valence-corrected chi connectivity index (χ3v) is 11.9. The summed E-state index contributed by atoms with van der Waals surface area (Å²) in [5.74, 6) is 1.34. The second-order valence-electron chi connectivity index (χ2n) is 14.7. The number of morpholine rings is 2. The molecule has 0 amide bonds. The van der Waals surface area contributed by atoms with Crippen LogP contribution in [0, 0.1) is 13.8 Å². The van der Waals surface area contributed by atoms with E-state index in [1.54, 1.807) is 0 Å². The molecule has 0 spiro atoms. The molecular formula is C42H45KN12O8S2. The van der Waals surface area contributed by atoms with Crippen LogP contribution in [-0.2, 0) is 29.7 Å². The van der Waals surface area contributed by atoms with Crippen molar-refractivity contribution in [3.63, 3.8) is 0 Å². The summed E-state index contributed by atoms with van der Waals surface area (Å²) >= 11 is 0. The standard InChI is InChI=1S/C42H44N12O8S2.K.H/c1-27-7-3-5-9-33(27)45-39-47-37(49-41(51-39)53-17-21-61-22-18-53)43-31-15-13-29(35(25-31)63(55,56)57)11-12-30-14-16-32(26-36(30)64(58,59)60)44-38-48-40(46-34-10-6-4-8-28(34)2)52-42(50-38)54-19-23-62-24-20-54;;/h3-16,25-26H,17-24H2,1-2H3,(H,55,56,57)(H,58,59,60)(H2,43,45,47,49,51)(H2,44,46,48,50,52);;. The van der Waals surface area contributed by atoms with E-state index in [1.807, 2.05) is 72.2 Å². The Morgan fingerprint density at radius 1 is 0.585 bits per heavy atom. The average molecular weight is 949 g/mol. The number of rotatable bonds is 14. The molecule has 4 aromatic carbocycles. The number of nitrogens with zero attached hydrogens (tertiary/aromatic N) is 8. The zero-order chi connectivity index (χ0) is 44.8. The molecule has 2 fully saturated rings. The van der Waals surface area contributed by atoms with Gasteiger partial charge in [0.1, 0.15) is 15.0 Å². The van der Waals surface area contributed by atoms with E-state index >= 15 is 0 Å². The molecule has 0 unspecified atom stereocenters. The van der Waals surface area contributed by atoms with Crippen molar-refractivity contribution in [3.05, 3.63) is 107 Å². The van der Waals surface area contributed by atoms with Crippen LogP contribution in [0.1, 0.15) is 23.7 Å². The molecule has 2 aromatic heterocycles. The molecule has 5 N–H and O–H groups in total. The van der Waals surface area contributed by atoms with E-state index in [-0.39, 0.29) is 99.1 Å². The SMILES string of the molecule is Cc1ccccc1Nc1nc(Nc2ccc(C=Cc3ccc(Nc4nc(Nc5ccccc5C)nc(N5CCOCC5)n4)cc3S(=O)(=O)O)c(S(=O)(=O)[O-])c2)nc(N2CCOCC2)n1.[H+].[KH]. The third kappa shape index (κ3) is 12.4. The van der Waals surface area contributed by atoms with Crippen molar-refractivity contribution < 1.29 is 36.8 Å². The van der Waals surface area contributed by atoms with Crippen molar-refractivity contribution >= 4 is 142 Å². The van der Waals surface area contributed by atoms with E-state index in [1.165, 1.54) is 42.5 Å². The Bertz CT molecular complexity index is 2750. The topological polar surface area (TPSA) is 262 Å². The van der Waals surface area contributed by atoms with Gasteiger partial charge in [-0.15, -0.1) is 0 Å². The molecule has 0 radical (unpaired) electrons. The average Bonchev–Trinajstić information content (AvgIpc) is 3.27. The van der Waals surface area contributed by atoms with Gasteiger partial charge in [0.15, 0.2) is 0 Å². The molecule has 23 heteroatoms. The molecule has 334 valence electrons. The van der Waals surface area contributed by atoms with E-state index < -0.39 is 30.0 Å². The van der Waals surface area contributed by atoms with Gasteiger partial charge in [-0.2, -0.15) is 38.3 Å². The molecule has 0 bridgehead atoms. The van der Waals surface area contributed by atoms with Crippen molar-refractivity contribution in [3.8, 4) is 0 Å². The number of aromatic nitrogens is 6. The number of para-hydroxylation sites is 2. The van der Waals surface area contributed by atoms with Gasteiger partial charge in [-0.3, -0.25) is 4.55 Å². The maximum atomic E-state index is 12.8. The first-order valence-electron chi connectivity index (χ1n) is 20.0. The van der Waals surface area contributed by atoms with Crippen LogP contribution in [0.4, 0.5) is 58.4 Å². The Balaban J connectivity index is 0.00000360. The second-order valence-corrected chi connectivity index (χ2v) is 17.4. The molecule has 0 atom stereocenters. The number of benzene rings is 4. The van der Waals surface area contributed by atoms with Crippen LogP contribution in [0.2, 0.25) is 0 Å². The van der Waals surface area contributed by atoms with Gasteiger partial charge in [0, 0.05) is 48.9 Å². The summed E-state index contributed by atoms with van der Waals surface area (Å²) in [4.78, 5) is 30.2. The summed E-state index contributed by atoms with van der Waals surface area (Å²) in [5, 5.41) is 12.5. The fourth-order valence-electron chi connectivity index (χ4n) is 6.81. The number of ether oxygens (including phenoxy) is 2. The molecule has 2 aliphatic heterocycles. The van der Waals surface area contributed by atoms with Crippen LogP contribution < -0.4 is 31.1 Å². The predicted molar refractivity (Wildman–Crippen MR) is 249 cm³/mol. The zero-order valence-electron chi connectivity index (χ0n) is 35.6. The molecule has 2 saturated heterocycles. The normalized spacial score (nSPS) is 14.5. The van der Waals surface area contributed by atoms with E-state index in [4.69, 9.17) is 9.47 Å². The molecule has 20 nitrogen and oxygen atoms in total. The summed E-state index contributed by atoms with van der Waals surface area (Å²) in [6.45, 7) is 7.95. The van der Waals surface area contributed by atoms with Gasteiger partial charge in [-0.25, -0.2) is 8.42 Å². The molecular weight excluding hydrogens is 904 g/mol. The predicted octanol–water partition coefficient (Wildman–Crippen LogP) is 5.11. The molecule has 6 aromatic rings. The Kier molecular flexibility index (Phi) is 15.4. The monoisotopic (exact) mass is 948 g/mol. The molecule has 8 rings (SSSR count). The van der Waals surface area contributed by atoms with E-state index in [0.717, 1.165) is 28.6 Å². The van der Waals surface area contributed by atoms with Gasteiger partial charge in [0.25, 0.3) is 10.1 Å². The van der Waals surface area contributed by atoms with Gasteiger partial charge in [0.2, 0.25) is 35.7 Å². The second kappa shape index (κ2) is 21.0. The van der Waals surface area contributed by atoms with E-state index in [0.29, 0.717) is 64.5 Å². The minimum atomic E-state index is -5.09. The van der Waals surface area contributed by atoms with Crippen LogP contribution >= 0.6 is 0 Å².